The molecule has 6 fully saturated rings. The van der Waals surface area contributed by atoms with Crippen LogP contribution in [0.25, 0.3) is 0 Å². The van der Waals surface area contributed by atoms with Crippen LogP contribution in [-0.4, -0.2) is 75.0 Å². The van der Waals surface area contributed by atoms with Crippen molar-refractivity contribution in [2.45, 2.75) is 128 Å². The molecule has 2 aromatic heterocycles. The van der Waals surface area contributed by atoms with Crippen LogP contribution in [0, 0.1) is 53.3 Å². The van der Waals surface area contributed by atoms with E-state index in [0.29, 0.717) is 86.8 Å². The molecule has 7 aromatic rings. The van der Waals surface area contributed by atoms with E-state index in [1.165, 1.54) is 71.2 Å². The van der Waals surface area contributed by atoms with E-state index in [1.807, 2.05) is 60.7 Å². The second-order valence-electron chi connectivity index (χ2n) is 26.9. The molecule has 11 atom stereocenters. The maximum atomic E-state index is 13.5. The van der Waals surface area contributed by atoms with Gasteiger partial charge < -0.3 is 49.5 Å². The number of ether oxygens (including phenoxy) is 7. The van der Waals surface area contributed by atoms with E-state index in [4.69, 9.17) is 33.2 Å². The van der Waals surface area contributed by atoms with Gasteiger partial charge in [-0.25, -0.2) is 9.97 Å². The van der Waals surface area contributed by atoms with Crippen molar-refractivity contribution in [2.24, 2.45) is 59.0 Å². The van der Waals surface area contributed by atoms with E-state index in [2.05, 4.69) is 58.2 Å². The monoisotopic (exact) mass is 1550 g/mol. The number of carbonyl (C=O) groups excluding carboxylic acids is 2. The Bertz CT molecular complexity index is 3900. The second-order valence-corrected chi connectivity index (χ2v) is 28.5. The third kappa shape index (κ3) is 20.8. The van der Waals surface area contributed by atoms with Gasteiger partial charge in [0.05, 0.1) is 70.6 Å². The highest BCUT2D eigenvalue weighted by Gasteiger charge is 2.49. The summed E-state index contributed by atoms with van der Waals surface area (Å²) < 4.78 is 157. The Morgan fingerprint density at radius 3 is 1.25 bits per heavy atom. The van der Waals surface area contributed by atoms with Gasteiger partial charge >= 0.3 is 18.5 Å². The number of methoxy groups -OCH3 is 2. The fourth-order valence-corrected chi connectivity index (χ4v) is 16.3. The number of alkyl halides is 9. The number of benzene rings is 5. The van der Waals surface area contributed by atoms with Crippen molar-refractivity contribution < 1.29 is 82.3 Å². The van der Waals surface area contributed by atoms with Crippen LogP contribution in [0.3, 0.4) is 0 Å². The van der Waals surface area contributed by atoms with E-state index in [9.17, 15) is 49.1 Å². The SMILES string of the molecule is CN.COc1cc(Br)nc(C(=O)NC2CC3CC2C[C@@H]3COCc2cccc(C(F)(F)F)c2)c1OCc1ccccc1.COc1cc(Br)nc(C(=O)NC2CC3CC2[C@@H](COCc2cccc(C(F)(F)F)c2)C3)c1OCc1ccccc1.FC(F)(F)c1cccc(COC[C@H]2CC3CCC2C3)c1. The number of carbonyl (C=O) groups is 2. The van der Waals surface area contributed by atoms with Crippen molar-refractivity contribution >= 4 is 43.7 Å². The molecule has 8 unspecified atom stereocenters. The zero-order chi connectivity index (χ0) is 72.7. The number of nitrogens with one attached hydrogen (secondary N) is 2. The molecule has 13 rings (SSSR count). The summed E-state index contributed by atoms with van der Waals surface area (Å²) >= 11 is 6.73. The van der Waals surface area contributed by atoms with Crippen molar-refractivity contribution in [3.05, 3.63) is 211 Å². The van der Waals surface area contributed by atoms with Crippen molar-refractivity contribution in [1.82, 2.24) is 20.6 Å². The number of nitrogens with two attached hydrogens (primary N) is 1. The van der Waals surface area contributed by atoms with Gasteiger partial charge in [-0.1, -0.05) is 103 Å². The Morgan fingerprint density at radius 2 is 0.863 bits per heavy atom. The van der Waals surface area contributed by atoms with Crippen LogP contribution in [0.15, 0.2) is 155 Å². The smallest absolute Gasteiger partial charge is 0.416 e. The average Bonchev–Trinajstić information content (AvgIpc) is 1.58. The largest absolute Gasteiger partial charge is 0.493 e. The molecule has 6 bridgehead atoms. The molecule has 0 saturated heterocycles. The fraction of sp³-hybridized carbons (Fsp3) is 0.455. The summed E-state index contributed by atoms with van der Waals surface area (Å²) in [6, 6.07) is 38.4. The maximum absolute atomic E-state index is 13.5. The zero-order valence-corrected chi connectivity index (χ0v) is 59.9. The van der Waals surface area contributed by atoms with Gasteiger partial charge in [0.25, 0.3) is 11.8 Å². The summed E-state index contributed by atoms with van der Waals surface area (Å²) in [6.45, 7) is 2.64. The van der Waals surface area contributed by atoms with Gasteiger partial charge in [-0.05, 0) is 214 Å². The van der Waals surface area contributed by atoms with Crippen LogP contribution in [0.5, 0.6) is 23.0 Å². The van der Waals surface area contributed by atoms with Gasteiger partial charge in [0, 0.05) is 24.2 Å². The van der Waals surface area contributed by atoms with Gasteiger partial charge in [0.15, 0.2) is 34.4 Å². The zero-order valence-electron chi connectivity index (χ0n) is 56.7. The topological polar surface area (TPSA) is 175 Å². The normalized spacial score (nSPS) is 22.9. The summed E-state index contributed by atoms with van der Waals surface area (Å²) in [6.07, 6.45) is -2.27. The van der Waals surface area contributed by atoms with Crippen molar-refractivity contribution in [3.63, 3.8) is 0 Å². The fourth-order valence-electron chi connectivity index (χ4n) is 15.5. The predicted octanol–water partition coefficient (Wildman–Crippen LogP) is 17.9. The van der Waals surface area contributed by atoms with Crippen LogP contribution in [0.1, 0.15) is 130 Å². The molecule has 6 aliphatic rings. The average molecular weight is 1550 g/mol. The molecule has 0 radical (unpaired) electrons. The molecule has 0 spiro atoms. The van der Waals surface area contributed by atoms with Crippen LogP contribution in [-0.2, 0) is 65.8 Å². The predicted molar refractivity (Wildman–Crippen MR) is 372 cm³/mol. The van der Waals surface area contributed by atoms with Crippen molar-refractivity contribution in [2.75, 3.05) is 41.1 Å². The lowest BCUT2D eigenvalue weighted by Crippen LogP contribution is -2.42. The van der Waals surface area contributed by atoms with E-state index in [-0.39, 0.29) is 91.7 Å². The first kappa shape index (κ1) is 77.3. The molecule has 6 aliphatic carbocycles. The number of fused-ring (bicyclic) bond motifs is 6. The van der Waals surface area contributed by atoms with E-state index in [1.54, 1.807) is 30.3 Å². The molecular weight excluding hydrogens is 1470 g/mol. The molecule has 102 heavy (non-hydrogen) atoms. The number of hydrogen-bond acceptors (Lipinski definition) is 12. The molecule has 0 aliphatic heterocycles. The van der Waals surface area contributed by atoms with Crippen LogP contribution in [0.2, 0.25) is 0 Å². The first-order chi connectivity index (χ1) is 48.9. The Hall–Kier alpha value is -7.29. The minimum Gasteiger partial charge on any atom is -0.493 e. The van der Waals surface area contributed by atoms with Gasteiger partial charge in [-0.3, -0.25) is 9.59 Å². The Labute approximate surface area is 604 Å². The first-order valence-corrected chi connectivity index (χ1v) is 35.8. The molecule has 2 amide bonds. The van der Waals surface area contributed by atoms with Crippen molar-refractivity contribution in [3.8, 4) is 23.0 Å². The van der Waals surface area contributed by atoms with E-state index >= 15 is 0 Å². The second kappa shape index (κ2) is 35.5. The molecule has 2 heterocycles. The van der Waals surface area contributed by atoms with Gasteiger partial charge in [-0.15, -0.1) is 0 Å². The molecule has 14 nitrogen and oxygen atoms in total. The maximum Gasteiger partial charge on any atom is 0.416 e. The van der Waals surface area contributed by atoms with Gasteiger partial charge in [0.2, 0.25) is 0 Å². The summed E-state index contributed by atoms with van der Waals surface area (Å²) in [5, 5.41) is 6.33. The number of hydrogen-bond donors (Lipinski definition) is 3. The molecule has 5 aromatic carbocycles. The van der Waals surface area contributed by atoms with Crippen molar-refractivity contribution in [1.29, 1.82) is 0 Å². The van der Waals surface area contributed by atoms with Crippen LogP contribution >= 0.6 is 31.9 Å². The minimum atomic E-state index is -4.38. The lowest BCUT2D eigenvalue weighted by Gasteiger charge is -2.30. The third-order valence-electron chi connectivity index (χ3n) is 20.2. The quantitative estimate of drug-likeness (QED) is 0.0386. The Kier molecular flexibility index (Phi) is 26.9. The molecule has 4 N–H and O–H groups in total. The highest BCUT2D eigenvalue weighted by molar-refractivity contribution is 9.10. The Morgan fingerprint density at radius 1 is 0.441 bits per heavy atom. The molecule has 548 valence electrons. The summed E-state index contributed by atoms with van der Waals surface area (Å²) in [4.78, 5) is 35.7. The molecular formula is C77H84Br2F9N5O9. The highest BCUT2D eigenvalue weighted by atomic mass is 79.9. The number of nitrogens with zero attached hydrogens (tertiary/aromatic N) is 2. The number of pyridine rings is 2. The number of amides is 2. The highest BCUT2D eigenvalue weighted by Crippen LogP contribution is 2.51. The van der Waals surface area contributed by atoms with Gasteiger partial charge in [-0.2, -0.15) is 39.5 Å². The first-order valence-electron chi connectivity index (χ1n) is 34.2. The standard InChI is InChI=1S/2C30H30BrF3N2O4.C16H19F3O.CH5N/c1-38-25-14-26(31)36-27(28(25)40-16-18-6-3-2-4-7-18)29(37)35-24-13-20-10-21(23(24)12-20)17-39-15-19-8-5-9-22(11-19)30(32,33)34;1-38-25-14-26(31)36-27(28(25)40-16-18-6-3-2-4-7-18)29(37)35-24-13-20-11-21(24)12-22(20)17-39-15-19-8-5-9-23(10-19)30(32,33)34;17-16(18,19)15-3-1-2-12(8-15)9-20-10-14-7-11-4-5-13(14)6-11;1-2/h2-9,11,14,20-21,23-24H,10,12-13,15-17H2,1H3,(H,35,37);2-10,14,20-22,24H,11-13,15-17H2,1H3,(H,35,37);1-3,8,11,13-14H,4-7,9-10H2;2H2,1H3/t20?,21-,23?,24?;20?,21?,22-,24?;11?,13?,14-;/m111./s1. The van der Waals surface area contributed by atoms with Gasteiger partial charge in [0.1, 0.15) is 22.4 Å². The van der Waals surface area contributed by atoms with E-state index in [0.717, 1.165) is 91.8 Å². The number of rotatable bonds is 24. The molecule has 25 heteroatoms. The molecule has 6 saturated carbocycles. The van der Waals surface area contributed by atoms with Crippen LogP contribution < -0.4 is 35.3 Å². The third-order valence-corrected chi connectivity index (χ3v) is 21.0. The summed E-state index contributed by atoms with van der Waals surface area (Å²) in [7, 11) is 4.53. The lowest BCUT2D eigenvalue weighted by atomic mass is 9.85. The summed E-state index contributed by atoms with van der Waals surface area (Å²) in [5.41, 5.74) is 6.34. The number of halogens is 11. The lowest BCUT2D eigenvalue weighted by molar-refractivity contribution is -0.138. The summed E-state index contributed by atoms with van der Waals surface area (Å²) in [5.74, 6) is 4.91. The van der Waals surface area contributed by atoms with E-state index < -0.39 is 35.2 Å². The van der Waals surface area contributed by atoms with Crippen LogP contribution in [0.4, 0.5) is 39.5 Å². The minimum absolute atomic E-state index is 0.00553. The Balaban J connectivity index is 0.000000171. The number of aromatic nitrogens is 2.